The molecule has 0 amide bonds. The number of hydrogen-bond acceptors (Lipinski definition) is 2. The quantitative estimate of drug-likeness (QED) is 0.483. The van der Waals surface area contributed by atoms with Crippen LogP contribution in [0.4, 0.5) is 0 Å². The first-order chi connectivity index (χ1) is 3.41. The molecule has 4 heteroatoms. The molecule has 0 unspecified atom stereocenters. The van der Waals surface area contributed by atoms with Gasteiger partial charge in [-0.15, -0.1) is 17.0 Å². The molecule has 0 saturated heterocycles. The third-order valence-electron chi connectivity index (χ3n) is 0.569. The van der Waals surface area contributed by atoms with E-state index in [0.717, 1.165) is 10.9 Å². The maximum Gasteiger partial charge on any atom is 0.286 e. The van der Waals surface area contributed by atoms with Gasteiger partial charge in [-0.3, -0.25) is 0 Å². The molecule has 0 N–H and O–H groups in total. The molecular weight excluding hydrogens is 187 g/mol. The van der Waals surface area contributed by atoms with Crippen molar-refractivity contribution in [2.45, 2.75) is 0 Å². The van der Waals surface area contributed by atoms with E-state index >= 15 is 0 Å². The lowest BCUT2D eigenvalue weighted by molar-refractivity contribution is 0.227. The SMILES string of the molecule is Br.CO[CH2][Al][CH2]OC. The van der Waals surface area contributed by atoms with Gasteiger partial charge in [0.2, 0.25) is 0 Å². The molecule has 0 saturated carbocycles. The highest BCUT2D eigenvalue weighted by Crippen LogP contribution is 1.65. The maximum absolute atomic E-state index is 4.80. The predicted octanol–water partition coefficient (Wildman–Crippen LogP) is 0.476. The molecule has 0 rings (SSSR count). The van der Waals surface area contributed by atoms with Crippen molar-refractivity contribution in [3.63, 3.8) is 0 Å². The first-order valence-corrected chi connectivity index (χ1v) is 3.84. The maximum atomic E-state index is 4.80. The molecule has 0 bridgehead atoms. The molecule has 0 fully saturated rings. The van der Waals surface area contributed by atoms with E-state index in [-0.39, 0.29) is 17.0 Å². The average Bonchev–Trinajstić information content (AvgIpc) is 1.69. The van der Waals surface area contributed by atoms with Crippen molar-refractivity contribution in [1.82, 2.24) is 0 Å². The van der Waals surface area contributed by atoms with Crippen LogP contribution in [0, 0.1) is 0 Å². The third kappa shape index (κ3) is 10.0. The van der Waals surface area contributed by atoms with Gasteiger partial charge in [-0.1, -0.05) is 0 Å². The Kier molecular flexibility index (Phi) is 15.8. The molecule has 0 aliphatic heterocycles. The summed E-state index contributed by atoms with van der Waals surface area (Å²) in [6.45, 7) is 0. The van der Waals surface area contributed by atoms with Crippen LogP contribution in [0.2, 0.25) is 0 Å². The summed E-state index contributed by atoms with van der Waals surface area (Å²) in [6.07, 6.45) is 0. The van der Waals surface area contributed by atoms with Crippen LogP contribution >= 0.6 is 17.0 Å². The van der Waals surface area contributed by atoms with Crippen molar-refractivity contribution in [2.75, 3.05) is 25.2 Å². The largest absolute Gasteiger partial charge is 0.401 e. The Morgan fingerprint density at radius 1 is 1.12 bits per heavy atom. The van der Waals surface area contributed by atoms with Crippen LogP contribution in [-0.4, -0.2) is 40.4 Å². The highest BCUT2D eigenvalue weighted by molar-refractivity contribution is 8.93. The Bertz CT molecular complexity index is 33.2. The minimum Gasteiger partial charge on any atom is -0.401 e. The zero-order valence-electron chi connectivity index (χ0n) is 5.22. The molecule has 0 heterocycles. The number of ether oxygens (including phenoxy) is 2. The first kappa shape index (κ1) is 11.7. The van der Waals surface area contributed by atoms with Crippen LogP contribution in [0.3, 0.4) is 0 Å². The number of hydrogen-bond donors (Lipinski definition) is 0. The molecule has 1 radical (unpaired) electrons. The summed E-state index contributed by atoms with van der Waals surface area (Å²) in [5, 5.41) is 0. The Labute approximate surface area is 67.0 Å². The first-order valence-electron chi connectivity index (χ1n) is 2.21. The van der Waals surface area contributed by atoms with Gasteiger partial charge in [-0.2, -0.15) is 0 Å². The van der Waals surface area contributed by atoms with Crippen LogP contribution < -0.4 is 0 Å². The second-order valence-corrected chi connectivity index (χ2v) is 2.44. The van der Waals surface area contributed by atoms with Gasteiger partial charge < -0.3 is 9.47 Å². The molecule has 8 heavy (non-hydrogen) atoms. The molecule has 0 aliphatic rings. The van der Waals surface area contributed by atoms with E-state index < -0.39 is 0 Å². The van der Waals surface area contributed by atoms with Gasteiger partial charge in [-0.05, 0) is 10.9 Å². The van der Waals surface area contributed by atoms with Gasteiger partial charge >= 0.3 is 0 Å². The summed E-state index contributed by atoms with van der Waals surface area (Å²) < 4.78 is 9.60. The van der Waals surface area contributed by atoms with Gasteiger partial charge in [0.1, 0.15) is 0 Å². The Hall–Kier alpha value is 0.932. The zero-order valence-corrected chi connectivity index (χ0v) is 8.08. The Balaban J connectivity index is 0. The standard InChI is InChI=1S/2C2H5O.Al.BrH/c2*1-3-2;;/h2*1H2,2H3;;1H. The Morgan fingerprint density at radius 3 is 1.75 bits per heavy atom. The molecule has 0 aromatic rings. The van der Waals surface area contributed by atoms with Crippen molar-refractivity contribution in [1.29, 1.82) is 0 Å². The van der Waals surface area contributed by atoms with E-state index in [9.17, 15) is 0 Å². The highest BCUT2D eigenvalue weighted by Gasteiger charge is 1.86. The van der Waals surface area contributed by atoms with Gasteiger partial charge in [0.25, 0.3) is 15.2 Å². The topological polar surface area (TPSA) is 18.5 Å². The van der Waals surface area contributed by atoms with Crippen LogP contribution in [0.1, 0.15) is 0 Å². The minimum atomic E-state index is 0. The summed E-state index contributed by atoms with van der Waals surface area (Å²) in [5.41, 5.74) is 1.77. The zero-order chi connectivity index (χ0) is 5.54. The van der Waals surface area contributed by atoms with E-state index in [0.29, 0.717) is 15.2 Å². The summed E-state index contributed by atoms with van der Waals surface area (Å²) in [4.78, 5) is 0. The molecule has 2 nitrogen and oxygen atoms in total. The predicted molar refractivity (Wildman–Crippen MR) is 39.8 cm³/mol. The molecule has 0 aliphatic carbocycles. The summed E-state index contributed by atoms with van der Waals surface area (Å²) >= 11 is 0.377. The Morgan fingerprint density at radius 2 is 1.50 bits per heavy atom. The number of methoxy groups -OCH3 is 2. The lowest BCUT2D eigenvalue weighted by Crippen LogP contribution is -2.07. The minimum absolute atomic E-state index is 0. The van der Waals surface area contributed by atoms with Crippen LogP contribution in [-0.2, 0) is 9.47 Å². The van der Waals surface area contributed by atoms with Gasteiger partial charge in [0.05, 0.1) is 0 Å². The van der Waals surface area contributed by atoms with Gasteiger partial charge in [0.15, 0.2) is 0 Å². The van der Waals surface area contributed by atoms with Crippen molar-refractivity contribution in [3.05, 3.63) is 0 Å². The highest BCUT2D eigenvalue weighted by atomic mass is 79.9. The van der Waals surface area contributed by atoms with E-state index in [1.54, 1.807) is 14.2 Å². The van der Waals surface area contributed by atoms with Crippen molar-refractivity contribution in [3.8, 4) is 0 Å². The molecule has 0 atom stereocenters. The van der Waals surface area contributed by atoms with E-state index in [2.05, 4.69) is 0 Å². The van der Waals surface area contributed by atoms with E-state index in [4.69, 9.17) is 9.47 Å². The smallest absolute Gasteiger partial charge is 0.286 e. The average molecular weight is 198 g/mol. The van der Waals surface area contributed by atoms with Crippen LogP contribution in [0.5, 0.6) is 0 Å². The van der Waals surface area contributed by atoms with Crippen molar-refractivity contribution < 1.29 is 9.47 Å². The van der Waals surface area contributed by atoms with Crippen LogP contribution in [0.25, 0.3) is 0 Å². The number of halogens is 1. The van der Waals surface area contributed by atoms with Crippen LogP contribution in [0.15, 0.2) is 0 Å². The van der Waals surface area contributed by atoms with Gasteiger partial charge in [-0.25, -0.2) is 0 Å². The molecule has 49 valence electrons. The number of rotatable bonds is 4. The molecule has 0 spiro atoms. The fourth-order valence-corrected chi connectivity index (χ4v) is 0.851. The van der Waals surface area contributed by atoms with E-state index in [1.807, 2.05) is 0 Å². The lowest BCUT2D eigenvalue weighted by atomic mass is 11.5. The molecule has 0 aromatic carbocycles. The fraction of sp³-hybridized carbons (Fsp3) is 1.00. The second-order valence-electron chi connectivity index (χ2n) is 1.20. The van der Waals surface area contributed by atoms with Crippen molar-refractivity contribution >= 4 is 32.2 Å². The fourth-order valence-electron chi connectivity index (χ4n) is 0.284. The van der Waals surface area contributed by atoms with Gasteiger partial charge in [0, 0.05) is 14.2 Å². The third-order valence-corrected chi connectivity index (χ3v) is 1.71. The monoisotopic (exact) mass is 197 g/mol. The second kappa shape index (κ2) is 10.8. The molecular formula is C4H11AlBrO2. The normalized spacial score (nSPS) is 7.75. The van der Waals surface area contributed by atoms with E-state index in [1.165, 1.54) is 0 Å². The lowest BCUT2D eigenvalue weighted by Gasteiger charge is -1.92. The summed E-state index contributed by atoms with van der Waals surface area (Å²) in [7, 11) is 3.42. The summed E-state index contributed by atoms with van der Waals surface area (Å²) in [6, 6.07) is 0. The molecule has 0 aromatic heterocycles. The van der Waals surface area contributed by atoms with Crippen molar-refractivity contribution in [2.24, 2.45) is 0 Å². The summed E-state index contributed by atoms with van der Waals surface area (Å²) in [5.74, 6) is 0.